The average Bonchev–Trinajstić information content (AvgIpc) is 3.34. The second-order valence-electron chi connectivity index (χ2n) is 12.6. The SMILES string of the molecule is CN1CCC(C2O[C@@H]3C[C@H]4[C@@H]5CCC6=CC(=O)C=C[C@]6(C)[C@@]5(F)[C@@H](O)C[C@]4(C)[C@]3(C(=O)CO)O2)CC1. The number of aliphatic hydroxyl groups is 2. The van der Waals surface area contributed by atoms with E-state index >= 15 is 4.39 Å². The van der Waals surface area contributed by atoms with Gasteiger partial charge >= 0.3 is 0 Å². The molecule has 36 heavy (non-hydrogen) atoms. The highest BCUT2D eigenvalue weighted by Gasteiger charge is 2.79. The highest BCUT2D eigenvalue weighted by atomic mass is 19.1. The quantitative estimate of drug-likeness (QED) is 0.610. The van der Waals surface area contributed by atoms with Crippen molar-refractivity contribution in [3.8, 4) is 0 Å². The highest BCUT2D eigenvalue weighted by Crippen LogP contribution is 2.72. The number of hydrogen-bond acceptors (Lipinski definition) is 7. The summed E-state index contributed by atoms with van der Waals surface area (Å²) in [4.78, 5) is 27.9. The van der Waals surface area contributed by atoms with Gasteiger partial charge in [-0.3, -0.25) is 9.59 Å². The number of likely N-dealkylation sites (tertiary alicyclic amines) is 1. The molecule has 6 aliphatic rings. The molecular formula is C28H38FNO6. The van der Waals surface area contributed by atoms with Crippen molar-refractivity contribution >= 4 is 11.6 Å². The van der Waals surface area contributed by atoms with Crippen LogP contribution in [0.1, 0.15) is 52.4 Å². The second kappa shape index (κ2) is 8.03. The van der Waals surface area contributed by atoms with Crippen molar-refractivity contribution in [2.75, 3.05) is 26.7 Å². The number of nitrogens with zero attached hydrogens (tertiary/aromatic N) is 1. The molecule has 3 saturated carbocycles. The average molecular weight is 504 g/mol. The molecule has 2 aliphatic heterocycles. The predicted octanol–water partition coefficient (Wildman–Crippen LogP) is 2.35. The molecule has 5 fully saturated rings. The topological polar surface area (TPSA) is 96.3 Å². The van der Waals surface area contributed by atoms with Gasteiger partial charge in [-0.25, -0.2) is 4.39 Å². The molecule has 6 rings (SSSR count). The Morgan fingerprint density at radius 3 is 2.64 bits per heavy atom. The normalized spacial score (nSPS) is 50.8. The second-order valence-corrected chi connectivity index (χ2v) is 12.6. The van der Waals surface area contributed by atoms with Crippen molar-refractivity contribution in [2.24, 2.45) is 28.6 Å². The van der Waals surface area contributed by atoms with Crippen LogP contribution in [0.15, 0.2) is 23.8 Å². The summed E-state index contributed by atoms with van der Waals surface area (Å²) >= 11 is 0. The number of carbonyl (C=O) groups is 2. The van der Waals surface area contributed by atoms with Gasteiger partial charge in [-0.05, 0) is 83.7 Å². The van der Waals surface area contributed by atoms with Crippen LogP contribution in [0.25, 0.3) is 0 Å². The molecule has 2 N–H and O–H groups in total. The van der Waals surface area contributed by atoms with Crippen LogP contribution >= 0.6 is 0 Å². The van der Waals surface area contributed by atoms with Crippen LogP contribution in [0.2, 0.25) is 0 Å². The fourth-order valence-electron chi connectivity index (χ4n) is 9.11. The Hall–Kier alpha value is -1.45. The zero-order chi connectivity index (χ0) is 25.7. The van der Waals surface area contributed by atoms with Crippen LogP contribution in [0.3, 0.4) is 0 Å². The molecule has 1 unspecified atom stereocenters. The van der Waals surface area contributed by atoms with Crippen molar-refractivity contribution in [3.63, 3.8) is 0 Å². The molecule has 0 amide bonds. The summed E-state index contributed by atoms with van der Waals surface area (Å²) in [5, 5.41) is 21.6. The lowest BCUT2D eigenvalue weighted by molar-refractivity contribution is -0.236. The summed E-state index contributed by atoms with van der Waals surface area (Å²) in [6.45, 7) is 4.89. The van der Waals surface area contributed by atoms with Gasteiger partial charge in [0.2, 0.25) is 0 Å². The van der Waals surface area contributed by atoms with Crippen LogP contribution in [0, 0.1) is 28.6 Å². The Kier molecular flexibility index (Phi) is 5.54. The number of aliphatic hydroxyl groups excluding tert-OH is 2. The number of ketones is 2. The molecule has 2 heterocycles. The van der Waals surface area contributed by atoms with Crippen LogP contribution in [-0.4, -0.2) is 83.2 Å². The number of alkyl halides is 1. The van der Waals surface area contributed by atoms with Gasteiger partial charge < -0.3 is 24.6 Å². The number of Topliss-reactive ketones (excluding diaryl/α,β-unsaturated/α-hetero) is 1. The molecule has 0 aromatic heterocycles. The Morgan fingerprint density at radius 1 is 1.22 bits per heavy atom. The summed E-state index contributed by atoms with van der Waals surface area (Å²) in [5.41, 5.74) is -4.63. The van der Waals surface area contributed by atoms with Crippen molar-refractivity contribution in [1.29, 1.82) is 0 Å². The van der Waals surface area contributed by atoms with Crippen molar-refractivity contribution in [1.82, 2.24) is 4.90 Å². The number of fused-ring (bicyclic) bond motifs is 7. The summed E-state index contributed by atoms with van der Waals surface area (Å²) < 4.78 is 30.5. The lowest BCUT2D eigenvalue weighted by Crippen LogP contribution is -2.69. The number of piperidine rings is 1. The van der Waals surface area contributed by atoms with E-state index in [4.69, 9.17) is 9.47 Å². The van der Waals surface area contributed by atoms with Crippen LogP contribution in [0.4, 0.5) is 4.39 Å². The van der Waals surface area contributed by atoms with Crippen molar-refractivity contribution in [2.45, 2.75) is 82.1 Å². The largest absolute Gasteiger partial charge is 0.390 e. The minimum absolute atomic E-state index is 0.0288. The fourth-order valence-corrected chi connectivity index (χ4v) is 9.11. The van der Waals surface area contributed by atoms with Crippen molar-refractivity contribution < 1.29 is 33.7 Å². The standard InChI is InChI=1S/C28H38FNO6/c1-25-9-6-18(32)12-17(25)4-5-19-20-13-23-28(22(34)15-31,26(20,2)14-21(33)27(19,25)29)36-24(35-23)16-7-10-30(3)11-8-16/h6,9,12,16,19-21,23-24,31,33H,4-5,7-8,10-11,13-15H2,1-3H3/t19-,20-,21-,23+,24?,25-,26-,27-,28+/m0/s1. The number of rotatable bonds is 3. The maximum atomic E-state index is 17.4. The fraction of sp³-hybridized carbons (Fsp3) is 0.786. The number of carbonyl (C=O) groups excluding carboxylic acids is 2. The van der Waals surface area contributed by atoms with Crippen LogP contribution in [-0.2, 0) is 19.1 Å². The molecule has 8 heteroatoms. The molecular weight excluding hydrogens is 465 g/mol. The monoisotopic (exact) mass is 503 g/mol. The number of ether oxygens (including phenoxy) is 2. The lowest BCUT2D eigenvalue weighted by atomic mass is 9.44. The lowest BCUT2D eigenvalue weighted by Gasteiger charge is -2.62. The first-order chi connectivity index (χ1) is 17.0. The summed E-state index contributed by atoms with van der Waals surface area (Å²) in [7, 11) is 2.08. The smallest absolute Gasteiger partial charge is 0.193 e. The van der Waals surface area contributed by atoms with Gasteiger partial charge in [0.15, 0.2) is 29.1 Å². The Labute approximate surface area is 211 Å². The van der Waals surface area contributed by atoms with Gasteiger partial charge in [0, 0.05) is 22.7 Å². The Bertz CT molecular complexity index is 1040. The zero-order valence-electron chi connectivity index (χ0n) is 21.4. The number of halogens is 1. The molecule has 0 bridgehead atoms. The van der Waals surface area contributed by atoms with E-state index < -0.39 is 58.9 Å². The first-order valence-electron chi connectivity index (χ1n) is 13.5. The third kappa shape index (κ3) is 2.91. The molecule has 198 valence electrons. The van der Waals surface area contributed by atoms with E-state index in [2.05, 4.69) is 11.9 Å². The van der Waals surface area contributed by atoms with E-state index in [1.54, 1.807) is 13.0 Å². The first kappa shape index (κ1) is 24.9. The highest BCUT2D eigenvalue weighted by molar-refractivity contribution is 6.01. The van der Waals surface area contributed by atoms with Gasteiger partial charge in [-0.2, -0.15) is 0 Å². The van der Waals surface area contributed by atoms with Gasteiger partial charge in [-0.1, -0.05) is 18.6 Å². The third-order valence-corrected chi connectivity index (χ3v) is 11.1. The van der Waals surface area contributed by atoms with E-state index in [1.165, 1.54) is 12.2 Å². The molecule has 0 aromatic rings. The Morgan fingerprint density at radius 2 is 1.94 bits per heavy atom. The maximum Gasteiger partial charge on any atom is 0.193 e. The van der Waals surface area contributed by atoms with E-state index in [0.29, 0.717) is 19.3 Å². The van der Waals surface area contributed by atoms with E-state index in [0.717, 1.165) is 31.5 Å². The van der Waals surface area contributed by atoms with Gasteiger partial charge in [0.1, 0.15) is 6.61 Å². The molecule has 0 spiro atoms. The van der Waals surface area contributed by atoms with E-state index in [9.17, 15) is 19.8 Å². The molecule has 0 radical (unpaired) electrons. The van der Waals surface area contributed by atoms with Crippen LogP contribution in [0.5, 0.6) is 0 Å². The maximum absolute atomic E-state index is 17.4. The minimum atomic E-state index is -1.98. The van der Waals surface area contributed by atoms with Gasteiger partial charge in [0.05, 0.1) is 12.2 Å². The van der Waals surface area contributed by atoms with Crippen LogP contribution < -0.4 is 0 Å². The van der Waals surface area contributed by atoms with E-state index in [-0.39, 0.29) is 24.0 Å². The summed E-state index contributed by atoms with van der Waals surface area (Å²) in [6.07, 6.45) is 5.40. The molecule has 9 atom stereocenters. The van der Waals surface area contributed by atoms with Crippen molar-refractivity contribution in [3.05, 3.63) is 23.8 Å². The zero-order valence-corrected chi connectivity index (χ0v) is 21.4. The molecule has 2 saturated heterocycles. The molecule has 4 aliphatic carbocycles. The Balaban J connectivity index is 1.38. The minimum Gasteiger partial charge on any atom is -0.390 e. The predicted molar refractivity (Wildman–Crippen MR) is 129 cm³/mol. The molecule has 7 nitrogen and oxygen atoms in total. The third-order valence-electron chi connectivity index (χ3n) is 11.1. The van der Waals surface area contributed by atoms with Gasteiger partial charge in [-0.15, -0.1) is 0 Å². The number of allylic oxidation sites excluding steroid dienone is 4. The first-order valence-corrected chi connectivity index (χ1v) is 13.5. The van der Waals surface area contributed by atoms with E-state index in [1.807, 2.05) is 6.92 Å². The van der Waals surface area contributed by atoms with Gasteiger partial charge in [0.25, 0.3) is 0 Å². The summed E-state index contributed by atoms with van der Waals surface area (Å²) in [5.74, 6) is -1.23. The summed E-state index contributed by atoms with van der Waals surface area (Å²) in [6, 6.07) is 0. The number of hydrogen-bond donors (Lipinski definition) is 2. The molecule has 0 aromatic carbocycles.